The van der Waals surface area contributed by atoms with E-state index < -0.39 is 35.1 Å². The first-order valence-electron chi connectivity index (χ1n) is 8.16. The summed E-state index contributed by atoms with van der Waals surface area (Å²) in [6.45, 7) is 3.71. The van der Waals surface area contributed by atoms with E-state index in [1.807, 2.05) is 0 Å². The summed E-state index contributed by atoms with van der Waals surface area (Å²) in [5, 5.41) is 0. The molecule has 1 aromatic rings. The first-order chi connectivity index (χ1) is 12.6. The summed E-state index contributed by atoms with van der Waals surface area (Å²) in [4.78, 5) is 35.1. The molecule has 1 rings (SSSR count). The van der Waals surface area contributed by atoms with Crippen molar-refractivity contribution < 1.29 is 37.0 Å². The molecule has 0 amide bonds. The van der Waals surface area contributed by atoms with Gasteiger partial charge in [0.25, 0.3) is 0 Å². The number of carbonyl (C=O) groups excluding carboxylic acids is 3. The zero-order chi connectivity index (χ0) is 20.6. The summed E-state index contributed by atoms with van der Waals surface area (Å²) in [5.41, 5.74) is 0.161. The van der Waals surface area contributed by atoms with Crippen molar-refractivity contribution in [3.05, 3.63) is 23.8 Å². The van der Waals surface area contributed by atoms with Crippen molar-refractivity contribution in [3.63, 3.8) is 0 Å². The number of anilines is 1. The Kier molecular flexibility index (Phi) is 8.23. The molecular weight excluding hydrogens is 378 g/mol. The lowest BCUT2D eigenvalue weighted by Crippen LogP contribution is -2.36. The fraction of sp³-hybridized carbons (Fsp3) is 0.471. The van der Waals surface area contributed by atoms with Gasteiger partial charge in [-0.1, -0.05) is 0 Å². The summed E-state index contributed by atoms with van der Waals surface area (Å²) < 4.78 is 40.2. The van der Waals surface area contributed by atoms with Gasteiger partial charge in [0.15, 0.2) is 12.4 Å². The lowest BCUT2D eigenvalue weighted by atomic mass is 10.1. The van der Waals surface area contributed by atoms with E-state index >= 15 is 0 Å². The average Bonchev–Trinajstić information content (AvgIpc) is 2.57. The van der Waals surface area contributed by atoms with Crippen LogP contribution in [0.5, 0.6) is 5.75 Å². The number of hydrogen-bond acceptors (Lipinski definition) is 8. The van der Waals surface area contributed by atoms with Crippen molar-refractivity contribution in [2.45, 2.75) is 20.8 Å². The van der Waals surface area contributed by atoms with E-state index in [4.69, 9.17) is 14.2 Å². The van der Waals surface area contributed by atoms with E-state index in [1.165, 1.54) is 25.1 Å². The SMILES string of the molecule is CCOC(=O)COc1ccc(C(C)=O)cc1N(CC(=O)OCC)S(C)(=O)=O. The highest BCUT2D eigenvalue weighted by Crippen LogP contribution is 2.31. The highest BCUT2D eigenvalue weighted by molar-refractivity contribution is 7.92. The molecule has 10 heteroatoms. The summed E-state index contributed by atoms with van der Waals surface area (Å²) in [6, 6.07) is 4.06. The van der Waals surface area contributed by atoms with Gasteiger partial charge in [-0.3, -0.25) is 13.9 Å². The van der Waals surface area contributed by atoms with Crippen molar-refractivity contribution >= 4 is 33.4 Å². The molecule has 0 aliphatic carbocycles. The Morgan fingerprint density at radius 1 is 1.04 bits per heavy atom. The maximum absolute atomic E-state index is 12.2. The highest BCUT2D eigenvalue weighted by Gasteiger charge is 2.26. The van der Waals surface area contributed by atoms with Crippen LogP contribution in [0.15, 0.2) is 18.2 Å². The van der Waals surface area contributed by atoms with Crippen LogP contribution < -0.4 is 9.04 Å². The Hall–Kier alpha value is -2.62. The topological polar surface area (TPSA) is 116 Å². The first-order valence-corrected chi connectivity index (χ1v) is 10.0. The minimum atomic E-state index is -3.92. The summed E-state index contributed by atoms with van der Waals surface area (Å²) in [6.07, 6.45) is 0.905. The van der Waals surface area contributed by atoms with Gasteiger partial charge in [-0.15, -0.1) is 0 Å². The standard InChI is InChI=1S/C17H23NO8S/c1-5-24-16(20)10-18(27(4,22)23)14-9-13(12(3)19)7-8-15(14)26-11-17(21)25-6-2/h7-9H,5-6,10-11H2,1-4H3. The molecule has 0 fully saturated rings. The van der Waals surface area contributed by atoms with Gasteiger partial charge >= 0.3 is 11.9 Å². The number of carbonyl (C=O) groups is 3. The Morgan fingerprint density at radius 2 is 1.63 bits per heavy atom. The van der Waals surface area contributed by atoms with Crippen molar-refractivity contribution in [1.82, 2.24) is 0 Å². The Morgan fingerprint density at radius 3 is 2.15 bits per heavy atom. The number of hydrogen-bond donors (Lipinski definition) is 0. The summed E-state index contributed by atoms with van der Waals surface area (Å²) >= 11 is 0. The number of Topliss-reactive ketones (excluding diaryl/α,β-unsaturated/α-hetero) is 1. The summed E-state index contributed by atoms with van der Waals surface area (Å²) in [5.74, 6) is -1.72. The molecule has 0 radical (unpaired) electrons. The number of nitrogens with zero attached hydrogens (tertiary/aromatic N) is 1. The number of ether oxygens (including phenoxy) is 3. The van der Waals surface area contributed by atoms with Crippen LogP contribution in [0.4, 0.5) is 5.69 Å². The quantitative estimate of drug-likeness (QED) is 0.424. The number of ketones is 1. The van der Waals surface area contributed by atoms with Crippen molar-refractivity contribution in [2.75, 3.05) is 36.9 Å². The van der Waals surface area contributed by atoms with E-state index in [0.29, 0.717) is 0 Å². The lowest BCUT2D eigenvalue weighted by Gasteiger charge is -2.24. The van der Waals surface area contributed by atoms with Crippen LogP contribution in [0.25, 0.3) is 0 Å². The van der Waals surface area contributed by atoms with Gasteiger partial charge in [-0.25, -0.2) is 13.2 Å². The van der Waals surface area contributed by atoms with Crippen LogP contribution in [0.3, 0.4) is 0 Å². The van der Waals surface area contributed by atoms with Crippen LogP contribution in [-0.2, 0) is 29.1 Å². The second-order valence-corrected chi connectivity index (χ2v) is 7.31. The fourth-order valence-corrected chi connectivity index (χ4v) is 2.94. The van der Waals surface area contributed by atoms with Crippen LogP contribution in [0, 0.1) is 0 Å². The molecule has 0 heterocycles. The summed E-state index contributed by atoms with van der Waals surface area (Å²) in [7, 11) is -3.92. The number of rotatable bonds is 10. The molecule has 0 aliphatic heterocycles. The molecule has 0 bridgehead atoms. The number of benzene rings is 1. The maximum atomic E-state index is 12.2. The Labute approximate surface area is 158 Å². The molecule has 0 aromatic heterocycles. The monoisotopic (exact) mass is 401 g/mol. The minimum Gasteiger partial charge on any atom is -0.480 e. The zero-order valence-electron chi connectivity index (χ0n) is 15.7. The van der Waals surface area contributed by atoms with Crippen LogP contribution in [0.1, 0.15) is 31.1 Å². The van der Waals surface area contributed by atoms with E-state index in [9.17, 15) is 22.8 Å². The first kappa shape index (κ1) is 22.4. The van der Waals surface area contributed by atoms with E-state index in [2.05, 4.69) is 0 Å². The van der Waals surface area contributed by atoms with Gasteiger partial charge < -0.3 is 14.2 Å². The fourth-order valence-electron chi connectivity index (χ4n) is 2.10. The van der Waals surface area contributed by atoms with E-state index in [-0.39, 0.29) is 36.0 Å². The van der Waals surface area contributed by atoms with Crippen molar-refractivity contribution in [3.8, 4) is 5.75 Å². The predicted molar refractivity (Wildman–Crippen MR) is 97.4 cm³/mol. The molecule has 0 unspecified atom stereocenters. The molecule has 0 aliphatic rings. The Bertz CT molecular complexity index is 803. The van der Waals surface area contributed by atoms with Crippen LogP contribution in [-0.4, -0.2) is 58.8 Å². The van der Waals surface area contributed by atoms with Gasteiger partial charge in [0.05, 0.1) is 25.2 Å². The van der Waals surface area contributed by atoms with E-state index in [0.717, 1.165) is 10.6 Å². The lowest BCUT2D eigenvalue weighted by molar-refractivity contribution is -0.145. The molecule has 0 spiro atoms. The second kappa shape index (κ2) is 9.91. The molecule has 0 saturated heterocycles. The molecule has 150 valence electrons. The largest absolute Gasteiger partial charge is 0.480 e. The van der Waals surface area contributed by atoms with Crippen LogP contribution >= 0.6 is 0 Å². The predicted octanol–water partition coefficient (Wildman–Crippen LogP) is 1.16. The average molecular weight is 401 g/mol. The van der Waals surface area contributed by atoms with Gasteiger partial charge in [0.1, 0.15) is 12.3 Å². The number of sulfonamides is 1. The minimum absolute atomic E-state index is 0.00257. The maximum Gasteiger partial charge on any atom is 0.344 e. The second-order valence-electron chi connectivity index (χ2n) is 5.41. The van der Waals surface area contributed by atoms with Gasteiger partial charge in [-0.05, 0) is 39.0 Å². The van der Waals surface area contributed by atoms with Gasteiger partial charge in [0, 0.05) is 5.56 Å². The van der Waals surface area contributed by atoms with Gasteiger partial charge in [-0.2, -0.15) is 0 Å². The third-order valence-corrected chi connectivity index (χ3v) is 4.39. The molecule has 0 atom stereocenters. The zero-order valence-corrected chi connectivity index (χ0v) is 16.5. The molecular formula is C17H23NO8S. The Balaban J connectivity index is 3.34. The van der Waals surface area contributed by atoms with Crippen molar-refractivity contribution in [1.29, 1.82) is 0 Å². The molecule has 1 aromatic carbocycles. The van der Waals surface area contributed by atoms with E-state index in [1.54, 1.807) is 13.8 Å². The van der Waals surface area contributed by atoms with Gasteiger partial charge in [0.2, 0.25) is 10.0 Å². The van der Waals surface area contributed by atoms with Crippen LogP contribution in [0.2, 0.25) is 0 Å². The molecule has 0 saturated carbocycles. The molecule has 27 heavy (non-hydrogen) atoms. The smallest absolute Gasteiger partial charge is 0.344 e. The molecule has 9 nitrogen and oxygen atoms in total. The third kappa shape index (κ3) is 6.89. The highest BCUT2D eigenvalue weighted by atomic mass is 32.2. The molecule has 0 N–H and O–H groups in total. The number of esters is 2. The third-order valence-electron chi connectivity index (χ3n) is 3.26. The van der Waals surface area contributed by atoms with Crippen molar-refractivity contribution in [2.24, 2.45) is 0 Å². The normalized spacial score (nSPS) is 10.8.